The summed E-state index contributed by atoms with van der Waals surface area (Å²) in [6.45, 7) is 6.52. The van der Waals surface area contributed by atoms with Crippen LogP contribution in [0, 0.1) is 20.8 Å². The molecule has 0 amide bonds. The van der Waals surface area contributed by atoms with Gasteiger partial charge in [0.25, 0.3) is 0 Å². The zero-order valence-electron chi connectivity index (χ0n) is 11.9. The van der Waals surface area contributed by atoms with Crippen LogP contribution in [0.3, 0.4) is 0 Å². The summed E-state index contributed by atoms with van der Waals surface area (Å²) in [6, 6.07) is 6.77. The smallest absolute Gasteiger partial charge is 0.173 e. The van der Waals surface area contributed by atoms with Crippen molar-refractivity contribution in [1.29, 1.82) is 0 Å². The van der Waals surface area contributed by atoms with E-state index in [1.54, 1.807) is 6.26 Å². The maximum absolute atomic E-state index is 5.34. The molecule has 2 rings (SSSR count). The lowest BCUT2D eigenvalue weighted by Gasteiger charge is -2.19. The van der Waals surface area contributed by atoms with E-state index in [4.69, 9.17) is 4.42 Å². The van der Waals surface area contributed by atoms with Crippen molar-refractivity contribution in [1.82, 2.24) is 5.32 Å². The second-order valence-electron chi connectivity index (χ2n) is 5.07. The van der Waals surface area contributed by atoms with E-state index in [2.05, 4.69) is 54.2 Å². The Labute approximate surface area is 123 Å². The molecule has 1 N–H and O–H groups in total. The lowest BCUT2D eigenvalue weighted by Crippen LogP contribution is -2.19. The highest BCUT2D eigenvalue weighted by molar-refractivity contribution is 9.10. The Kier molecular flexibility index (Phi) is 4.48. The van der Waals surface area contributed by atoms with E-state index in [1.807, 2.05) is 13.1 Å². The fraction of sp³-hybridized carbons (Fsp3) is 0.375. The van der Waals surface area contributed by atoms with Gasteiger partial charge in [-0.2, -0.15) is 0 Å². The second kappa shape index (κ2) is 5.93. The van der Waals surface area contributed by atoms with E-state index in [9.17, 15) is 0 Å². The third kappa shape index (κ3) is 3.10. The molecule has 3 heteroatoms. The predicted octanol–water partition coefficient (Wildman–Crippen LogP) is 4.47. The number of rotatable bonds is 4. The molecular formula is C16H20BrNO. The first-order valence-electron chi connectivity index (χ1n) is 6.49. The van der Waals surface area contributed by atoms with Crippen LogP contribution in [0.2, 0.25) is 0 Å². The van der Waals surface area contributed by atoms with Gasteiger partial charge in [-0.3, -0.25) is 0 Å². The molecule has 0 saturated heterocycles. The Bertz CT molecular complexity index is 551. The summed E-state index contributed by atoms with van der Waals surface area (Å²) in [5, 5.41) is 3.37. The lowest BCUT2D eigenvalue weighted by molar-refractivity contribution is 0.517. The van der Waals surface area contributed by atoms with Crippen LogP contribution in [0.25, 0.3) is 0 Å². The van der Waals surface area contributed by atoms with Crippen LogP contribution in [0.15, 0.2) is 33.5 Å². The molecular weight excluding hydrogens is 302 g/mol. The highest BCUT2D eigenvalue weighted by atomic mass is 79.9. The predicted molar refractivity (Wildman–Crippen MR) is 82.6 cm³/mol. The minimum atomic E-state index is 0.258. The first kappa shape index (κ1) is 14.4. The molecule has 1 unspecified atom stereocenters. The van der Waals surface area contributed by atoms with Gasteiger partial charge < -0.3 is 9.73 Å². The van der Waals surface area contributed by atoms with Crippen molar-refractivity contribution in [3.05, 3.63) is 56.9 Å². The number of furan rings is 1. The second-order valence-corrected chi connectivity index (χ2v) is 5.79. The standard InChI is InChI=1S/C16H20BrNO/c1-10-7-11(2)14(12(3)8-10)9-15(18-4)13-5-6-19-16(13)17/h5-8,15,18H,9H2,1-4H3. The molecule has 2 nitrogen and oxygen atoms in total. The number of hydrogen-bond donors (Lipinski definition) is 1. The average Bonchev–Trinajstić information content (AvgIpc) is 2.75. The highest BCUT2D eigenvalue weighted by Crippen LogP contribution is 2.29. The van der Waals surface area contributed by atoms with Gasteiger partial charge in [0.05, 0.1) is 6.26 Å². The molecule has 2 aromatic rings. The van der Waals surface area contributed by atoms with Gasteiger partial charge in [-0.1, -0.05) is 17.7 Å². The molecule has 1 atom stereocenters. The molecule has 1 aromatic carbocycles. The highest BCUT2D eigenvalue weighted by Gasteiger charge is 2.17. The number of likely N-dealkylation sites (N-methyl/N-ethyl adjacent to an activating group) is 1. The molecule has 1 aromatic heterocycles. The van der Waals surface area contributed by atoms with Crippen molar-refractivity contribution in [3.63, 3.8) is 0 Å². The van der Waals surface area contributed by atoms with Crippen LogP contribution in [0.4, 0.5) is 0 Å². The third-order valence-electron chi connectivity index (χ3n) is 3.62. The summed E-state index contributed by atoms with van der Waals surface area (Å²) in [6.07, 6.45) is 2.69. The van der Waals surface area contributed by atoms with Crippen LogP contribution >= 0.6 is 15.9 Å². The molecule has 0 fully saturated rings. The Morgan fingerprint density at radius 3 is 2.32 bits per heavy atom. The maximum Gasteiger partial charge on any atom is 0.173 e. The molecule has 0 radical (unpaired) electrons. The Morgan fingerprint density at radius 2 is 1.84 bits per heavy atom. The number of aryl methyl sites for hydroxylation is 3. The van der Waals surface area contributed by atoms with Gasteiger partial charge in [0.2, 0.25) is 0 Å². The summed E-state index contributed by atoms with van der Waals surface area (Å²) >= 11 is 3.46. The van der Waals surface area contributed by atoms with Crippen LogP contribution in [-0.4, -0.2) is 7.05 Å². The first-order valence-corrected chi connectivity index (χ1v) is 7.29. The van der Waals surface area contributed by atoms with E-state index in [-0.39, 0.29) is 6.04 Å². The molecule has 0 aliphatic rings. The molecule has 102 valence electrons. The van der Waals surface area contributed by atoms with Crippen LogP contribution < -0.4 is 5.32 Å². The SMILES string of the molecule is CNC(Cc1c(C)cc(C)cc1C)c1ccoc1Br. The Morgan fingerprint density at radius 1 is 1.21 bits per heavy atom. The van der Waals surface area contributed by atoms with Crippen molar-refractivity contribution in [2.24, 2.45) is 0 Å². The van der Waals surface area contributed by atoms with E-state index in [0.29, 0.717) is 0 Å². The van der Waals surface area contributed by atoms with Gasteiger partial charge in [-0.05, 0) is 72.9 Å². The van der Waals surface area contributed by atoms with E-state index >= 15 is 0 Å². The van der Waals surface area contributed by atoms with Crippen LogP contribution in [0.5, 0.6) is 0 Å². The molecule has 0 bridgehead atoms. The van der Waals surface area contributed by atoms with E-state index < -0.39 is 0 Å². The summed E-state index contributed by atoms with van der Waals surface area (Å²) in [5.41, 5.74) is 6.62. The van der Waals surface area contributed by atoms with Gasteiger partial charge in [0.15, 0.2) is 4.67 Å². The zero-order valence-corrected chi connectivity index (χ0v) is 13.5. The number of nitrogens with one attached hydrogen (secondary N) is 1. The summed E-state index contributed by atoms with van der Waals surface area (Å²) < 4.78 is 6.16. The van der Waals surface area contributed by atoms with Crippen molar-refractivity contribution < 1.29 is 4.42 Å². The van der Waals surface area contributed by atoms with E-state index in [0.717, 1.165) is 11.1 Å². The van der Waals surface area contributed by atoms with Crippen molar-refractivity contribution in [2.75, 3.05) is 7.05 Å². The monoisotopic (exact) mass is 321 g/mol. The van der Waals surface area contributed by atoms with Gasteiger partial charge >= 0.3 is 0 Å². The minimum absolute atomic E-state index is 0.258. The topological polar surface area (TPSA) is 25.2 Å². The summed E-state index contributed by atoms with van der Waals surface area (Å²) in [5.74, 6) is 0. The molecule has 0 aliphatic heterocycles. The van der Waals surface area contributed by atoms with Crippen LogP contribution in [-0.2, 0) is 6.42 Å². The van der Waals surface area contributed by atoms with Gasteiger partial charge in [0.1, 0.15) is 0 Å². The summed E-state index contributed by atoms with van der Waals surface area (Å²) in [4.78, 5) is 0. The number of halogens is 1. The number of benzene rings is 1. The minimum Gasteiger partial charge on any atom is -0.457 e. The molecule has 1 heterocycles. The molecule has 0 aliphatic carbocycles. The van der Waals surface area contributed by atoms with Crippen molar-refractivity contribution >= 4 is 15.9 Å². The van der Waals surface area contributed by atoms with E-state index in [1.165, 1.54) is 27.8 Å². The van der Waals surface area contributed by atoms with Gasteiger partial charge in [0, 0.05) is 11.6 Å². The molecule has 0 spiro atoms. The largest absolute Gasteiger partial charge is 0.457 e. The zero-order chi connectivity index (χ0) is 14.0. The normalized spacial score (nSPS) is 12.7. The summed E-state index contributed by atoms with van der Waals surface area (Å²) in [7, 11) is 1.99. The molecule has 19 heavy (non-hydrogen) atoms. The van der Waals surface area contributed by atoms with Gasteiger partial charge in [-0.25, -0.2) is 0 Å². The average molecular weight is 322 g/mol. The Hall–Kier alpha value is -1.06. The van der Waals surface area contributed by atoms with Crippen molar-refractivity contribution in [3.8, 4) is 0 Å². The third-order valence-corrected chi connectivity index (χ3v) is 4.26. The number of hydrogen-bond acceptors (Lipinski definition) is 2. The Balaban J connectivity index is 2.32. The fourth-order valence-corrected chi connectivity index (χ4v) is 3.17. The maximum atomic E-state index is 5.34. The molecule has 0 saturated carbocycles. The fourth-order valence-electron chi connectivity index (χ4n) is 2.66. The lowest BCUT2D eigenvalue weighted by atomic mass is 9.92. The van der Waals surface area contributed by atoms with Crippen molar-refractivity contribution in [2.45, 2.75) is 33.2 Å². The quantitative estimate of drug-likeness (QED) is 0.898. The van der Waals surface area contributed by atoms with Gasteiger partial charge in [-0.15, -0.1) is 0 Å². The van der Waals surface area contributed by atoms with Crippen LogP contribution in [0.1, 0.15) is 33.9 Å². The first-order chi connectivity index (χ1) is 9.02.